The lowest BCUT2D eigenvalue weighted by atomic mass is 10.1. The monoisotopic (exact) mass is 297 g/mol. The van der Waals surface area contributed by atoms with Crippen LogP contribution in [0.4, 0.5) is 0 Å². The number of hydrogen-bond acceptors (Lipinski definition) is 4. The van der Waals surface area contributed by atoms with E-state index >= 15 is 0 Å². The highest BCUT2D eigenvalue weighted by Crippen LogP contribution is 2.17. The van der Waals surface area contributed by atoms with Gasteiger partial charge >= 0.3 is 0 Å². The van der Waals surface area contributed by atoms with Gasteiger partial charge in [-0.1, -0.05) is 30.3 Å². The lowest BCUT2D eigenvalue weighted by molar-refractivity contribution is -0.117. The van der Waals surface area contributed by atoms with E-state index in [4.69, 9.17) is 0 Å². The van der Waals surface area contributed by atoms with E-state index in [2.05, 4.69) is 10.3 Å². The summed E-state index contributed by atoms with van der Waals surface area (Å²) in [6.07, 6.45) is 1.58. The number of nitriles is 1. The standard InChI is InChI=1S/C16H15N3OS/c1-11(13-6-4-3-5-7-13)19-16(20)14(9-17)8-15-12(2)18-10-21-15/h3-8,10-11H,1-2H3,(H,19,20). The van der Waals surface area contributed by atoms with Crippen LogP contribution in [0.3, 0.4) is 0 Å². The summed E-state index contributed by atoms with van der Waals surface area (Å²) < 4.78 is 0. The van der Waals surface area contributed by atoms with Crippen LogP contribution in [0.2, 0.25) is 0 Å². The molecule has 0 saturated carbocycles. The van der Waals surface area contributed by atoms with E-state index in [1.165, 1.54) is 11.3 Å². The van der Waals surface area contributed by atoms with E-state index in [0.717, 1.165) is 16.1 Å². The van der Waals surface area contributed by atoms with Crippen LogP contribution in [-0.4, -0.2) is 10.9 Å². The van der Waals surface area contributed by atoms with Crippen LogP contribution in [0.15, 0.2) is 41.4 Å². The number of hydrogen-bond donors (Lipinski definition) is 1. The molecule has 21 heavy (non-hydrogen) atoms. The van der Waals surface area contributed by atoms with Crippen LogP contribution in [0, 0.1) is 18.3 Å². The first-order valence-electron chi connectivity index (χ1n) is 6.49. The van der Waals surface area contributed by atoms with Crippen molar-refractivity contribution in [3.63, 3.8) is 0 Å². The highest BCUT2D eigenvalue weighted by atomic mass is 32.1. The van der Waals surface area contributed by atoms with Gasteiger partial charge in [-0.05, 0) is 25.5 Å². The van der Waals surface area contributed by atoms with Crippen molar-refractivity contribution in [1.29, 1.82) is 5.26 Å². The summed E-state index contributed by atoms with van der Waals surface area (Å²) in [6.45, 7) is 3.74. The minimum atomic E-state index is -0.373. The van der Waals surface area contributed by atoms with Gasteiger partial charge in [0, 0.05) is 0 Å². The topological polar surface area (TPSA) is 65.8 Å². The van der Waals surface area contributed by atoms with Crippen molar-refractivity contribution in [2.75, 3.05) is 0 Å². The summed E-state index contributed by atoms with van der Waals surface area (Å²) in [5.41, 5.74) is 3.60. The van der Waals surface area contributed by atoms with Gasteiger partial charge in [0.05, 0.1) is 22.1 Å². The lowest BCUT2D eigenvalue weighted by Gasteiger charge is -2.13. The van der Waals surface area contributed by atoms with Crippen LogP contribution >= 0.6 is 11.3 Å². The molecule has 0 aliphatic carbocycles. The molecule has 1 amide bonds. The fourth-order valence-electron chi connectivity index (χ4n) is 1.83. The van der Waals surface area contributed by atoms with Gasteiger partial charge in [-0.15, -0.1) is 11.3 Å². The second kappa shape index (κ2) is 6.82. The Bertz CT molecular complexity index is 698. The van der Waals surface area contributed by atoms with E-state index in [1.54, 1.807) is 11.6 Å². The van der Waals surface area contributed by atoms with Crippen molar-refractivity contribution in [2.45, 2.75) is 19.9 Å². The molecule has 0 bridgehead atoms. The molecule has 1 heterocycles. The maximum atomic E-state index is 12.2. The Labute approximate surface area is 127 Å². The molecule has 106 valence electrons. The first-order valence-corrected chi connectivity index (χ1v) is 7.37. The number of nitrogens with one attached hydrogen (secondary N) is 1. The minimum Gasteiger partial charge on any atom is -0.345 e. The van der Waals surface area contributed by atoms with Crippen LogP contribution in [0.25, 0.3) is 6.08 Å². The fraction of sp³-hybridized carbons (Fsp3) is 0.188. The van der Waals surface area contributed by atoms with Gasteiger partial charge in [0.2, 0.25) is 0 Å². The van der Waals surface area contributed by atoms with Gasteiger partial charge in [0.15, 0.2) is 0 Å². The molecule has 2 rings (SSSR count). The third kappa shape index (κ3) is 3.77. The summed E-state index contributed by atoms with van der Waals surface area (Å²) in [7, 11) is 0. The van der Waals surface area contributed by atoms with Gasteiger partial charge in [-0.2, -0.15) is 5.26 Å². The molecule has 2 aromatic rings. The van der Waals surface area contributed by atoms with Crippen molar-refractivity contribution in [1.82, 2.24) is 10.3 Å². The Morgan fingerprint density at radius 1 is 1.43 bits per heavy atom. The van der Waals surface area contributed by atoms with Gasteiger partial charge < -0.3 is 5.32 Å². The SMILES string of the molecule is Cc1ncsc1C=C(C#N)C(=O)NC(C)c1ccccc1. The normalized spacial score (nSPS) is 12.5. The van der Waals surface area contributed by atoms with Crippen molar-refractivity contribution in [3.05, 3.63) is 57.6 Å². The quantitative estimate of drug-likeness (QED) is 0.696. The third-order valence-corrected chi connectivity index (χ3v) is 3.95. The Balaban J connectivity index is 2.13. The number of nitrogens with zero attached hydrogens (tertiary/aromatic N) is 2. The van der Waals surface area contributed by atoms with Crippen molar-refractivity contribution in [2.24, 2.45) is 0 Å². The second-order valence-electron chi connectivity index (χ2n) is 4.58. The summed E-state index contributed by atoms with van der Waals surface area (Å²) in [4.78, 5) is 17.1. The average Bonchev–Trinajstić information content (AvgIpc) is 2.90. The lowest BCUT2D eigenvalue weighted by Crippen LogP contribution is -2.27. The highest BCUT2D eigenvalue weighted by molar-refractivity contribution is 7.10. The molecule has 0 spiro atoms. The van der Waals surface area contributed by atoms with Crippen molar-refractivity contribution >= 4 is 23.3 Å². The first kappa shape index (κ1) is 14.9. The van der Waals surface area contributed by atoms with Gasteiger partial charge in [0.1, 0.15) is 11.6 Å². The number of benzene rings is 1. The Morgan fingerprint density at radius 3 is 2.71 bits per heavy atom. The zero-order chi connectivity index (χ0) is 15.2. The second-order valence-corrected chi connectivity index (χ2v) is 5.46. The average molecular weight is 297 g/mol. The van der Waals surface area contributed by atoms with E-state index in [1.807, 2.05) is 50.2 Å². The summed E-state index contributed by atoms with van der Waals surface area (Å²) in [5.74, 6) is -0.373. The predicted octanol–water partition coefficient (Wildman–Crippen LogP) is 3.24. The Kier molecular flexibility index (Phi) is 4.85. The van der Waals surface area contributed by atoms with Gasteiger partial charge in [0.25, 0.3) is 5.91 Å². The molecule has 1 aromatic heterocycles. The first-order chi connectivity index (χ1) is 10.1. The Morgan fingerprint density at radius 2 is 2.14 bits per heavy atom. The molecule has 1 N–H and O–H groups in total. The fourth-order valence-corrected chi connectivity index (χ4v) is 2.56. The van der Waals surface area contributed by atoms with E-state index in [-0.39, 0.29) is 17.5 Å². The molecule has 0 fully saturated rings. The smallest absolute Gasteiger partial charge is 0.262 e. The number of amides is 1. The molecular weight excluding hydrogens is 282 g/mol. The highest BCUT2D eigenvalue weighted by Gasteiger charge is 2.14. The number of carbonyl (C=O) groups is 1. The molecule has 0 radical (unpaired) electrons. The number of aryl methyl sites for hydroxylation is 1. The molecular formula is C16H15N3OS. The van der Waals surface area contributed by atoms with E-state index < -0.39 is 0 Å². The molecule has 0 aliphatic rings. The van der Waals surface area contributed by atoms with Crippen molar-refractivity contribution < 1.29 is 4.79 Å². The van der Waals surface area contributed by atoms with Crippen molar-refractivity contribution in [3.8, 4) is 6.07 Å². The molecule has 1 aromatic carbocycles. The zero-order valence-corrected chi connectivity index (χ0v) is 12.6. The summed E-state index contributed by atoms with van der Waals surface area (Å²) in [6, 6.07) is 11.4. The van der Waals surface area contributed by atoms with Crippen LogP contribution < -0.4 is 5.32 Å². The van der Waals surface area contributed by atoms with Crippen LogP contribution in [0.5, 0.6) is 0 Å². The van der Waals surface area contributed by atoms with Crippen LogP contribution in [0.1, 0.15) is 29.1 Å². The van der Waals surface area contributed by atoms with Crippen LogP contribution in [-0.2, 0) is 4.79 Å². The van der Waals surface area contributed by atoms with Gasteiger partial charge in [-0.25, -0.2) is 4.98 Å². The molecule has 4 nitrogen and oxygen atoms in total. The predicted molar refractivity (Wildman–Crippen MR) is 83.4 cm³/mol. The third-order valence-electron chi connectivity index (χ3n) is 3.07. The zero-order valence-electron chi connectivity index (χ0n) is 11.8. The minimum absolute atomic E-state index is 0.0881. The maximum absolute atomic E-state index is 12.2. The molecule has 0 saturated heterocycles. The Hall–Kier alpha value is -2.45. The molecule has 5 heteroatoms. The summed E-state index contributed by atoms with van der Waals surface area (Å²) in [5, 5.41) is 12.0. The molecule has 1 unspecified atom stereocenters. The number of thiazole rings is 1. The maximum Gasteiger partial charge on any atom is 0.262 e. The molecule has 0 aliphatic heterocycles. The van der Waals surface area contributed by atoms with E-state index in [9.17, 15) is 10.1 Å². The number of aromatic nitrogens is 1. The summed E-state index contributed by atoms with van der Waals surface area (Å²) >= 11 is 1.41. The largest absolute Gasteiger partial charge is 0.345 e. The molecule has 1 atom stereocenters. The van der Waals surface area contributed by atoms with E-state index in [0.29, 0.717) is 0 Å². The number of rotatable bonds is 4. The van der Waals surface area contributed by atoms with Gasteiger partial charge in [-0.3, -0.25) is 4.79 Å². The number of carbonyl (C=O) groups excluding carboxylic acids is 1.